The molecule has 7 heteroatoms. The number of ether oxygens (including phenoxy) is 2. The number of para-hydroxylation sites is 1. The van der Waals surface area contributed by atoms with E-state index in [2.05, 4.69) is 10.3 Å². The summed E-state index contributed by atoms with van der Waals surface area (Å²) < 4.78 is 12.6. The zero-order valence-corrected chi connectivity index (χ0v) is 19.2. The molecule has 0 aliphatic heterocycles. The predicted octanol–water partition coefficient (Wildman–Crippen LogP) is 3.58. The Kier molecular flexibility index (Phi) is 7.37. The summed E-state index contributed by atoms with van der Waals surface area (Å²) in [7, 11) is 1.68. The Labute approximate surface area is 187 Å². The first-order valence-corrected chi connectivity index (χ1v) is 12.0. The van der Waals surface area contributed by atoms with Gasteiger partial charge in [-0.15, -0.1) is 11.3 Å². The van der Waals surface area contributed by atoms with Crippen LogP contribution in [0.2, 0.25) is 0 Å². The van der Waals surface area contributed by atoms with Crippen LogP contribution in [0, 0.1) is 0 Å². The Morgan fingerprint density at radius 2 is 2.19 bits per heavy atom. The molecular formula is C24H31N3O3S. The van der Waals surface area contributed by atoms with Crippen molar-refractivity contribution in [2.24, 2.45) is 0 Å². The maximum atomic E-state index is 13.3. The van der Waals surface area contributed by atoms with Gasteiger partial charge >= 0.3 is 0 Å². The molecule has 2 heterocycles. The molecule has 4 rings (SSSR count). The number of methoxy groups -OCH3 is 1. The number of fused-ring (bicyclic) bond motifs is 3. The summed E-state index contributed by atoms with van der Waals surface area (Å²) in [5.74, 6) is 0.859. The molecule has 166 valence electrons. The van der Waals surface area contributed by atoms with E-state index in [0.717, 1.165) is 73.4 Å². The van der Waals surface area contributed by atoms with Gasteiger partial charge in [-0.3, -0.25) is 9.36 Å². The van der Waals surface area contributed by atoms with Gasteiger partial charge in [-0.05, 0) is 62.8 Å². The van der Waals surface area contributed by atoms with Crippen LogP contribution in [0.15, 0.2) is 35.4 Å². The molecule has 0 amide bonds. The van der Waals surface area contributed by atoms with Crippen molar-refractivity contribution in [3.8, 4) is 5.75 Å². The van der Waals surface area contributed by atoms with Crippen LogP contribution < -0.4 is 15.6 Å². The van der Waals surface area contributed by atoms with Crippen molar-refractivity contribution in [2.45, 2.75) is 51.6 Å². The number of rotatable bonds is 10. The molecule has 0 spiro atoms. The highest BCUT2D eigenvalue weighted by atomic mass is 32.1. The third-order valence-corrected chi connectivity index (χ3v) is 7.12. The first kappa shape index (κ1) is 22.0. The van der Waals surface area contributed by atoms with Gasteiger partial charge in [-0.25, -0.2) is 4.98 Å². The monoisotopic (exact) mass is 441 g/mol. The Morgan fingerprint density at radius 1 is 1.32 bits per heavy atom. The van der Waals surface area contributed by atoms with Crippen molar-refractivity contribution in [3.05, 3.63) is 57.0 Å². The lowest BCUT2D eigenvalue weighted by Gasteiger charge is -2.23. The zero-order valence-electron chi connectivity index (χ0n) is 18.4. The van der Waals surface area contributed by atoms with E-state index in [1.165, 1.54) is 10.4 Å². The molecule has 1 atom stereocenters. The average molecular weight is 442 g/mol. The fourth-order valence-corrected chi connectivity index (χ4v) is 5.57. The largest absolute Gasteiger partial charge is 0.496 e. The highest BCUT2D eigenvalue weighted by molar-refractivity contribution is 7.18. The highest BCUT2D eigenvalue weighted by Crippen LogP contribution is 2.33. The molecule has 1 N–H and O–H groups in total. The second-order valence-electron chi connectivity index (χ2n) is 7.93. The van der Waals surface area contributed by atoms with Crippen molar-refractivity contribution in [2.75, 3.05) is 26.9 Å². The molecule has 1 aromatic carbocycles. The minimum atomic E-state index is 0.0838. The molecule has 0 radical (unpaired) electrons. The van der Waals surface area contributed by atoms with Gasteiger partial charge in [0.15, 0.2) is 0 Å². The summed E-state index contributed by atoms with van der Waals surface area (Å²) >= 11 is 1.69. The number of nitrogens with one attached hydrogen (secondary N) is 1. The molecule has 1 aliphatic carbocycles. The van der Waals surface area contributed by atoms with Crippen LogP contribution in [0.5, 0.6) is 5.75 Å². The van der Waals surface area contributed by atoms with Crippen molar-refractivity contribution in [3.63, 3.8) is 0 Å². The standard InChI is InChI=1S/C24H31N3O3S/c1-3-30-14-6-12-25-18-9-10-19-21(15-18)31-23-22(19)24(28)27(16-26-23)13-11-17-7-4-5-8-20(17)29-2/h4-5,7-8,16,18,25H,3,6,9-15H2,1-2H3. The second kappa shape index (κ2) is 10.4. The molecule has 0 bridgehead atoms. The van der Waals surface area contributed by atoms with Gasteiger partial charge in [-0.2, -0.15) is 0 Å². The van der Waals surface area contributed by atoms with Crippen LogP contribution in [-0.4, -0.2) is 42.5 Å². The zero-order chi connectivity index (χ0) is 21.6. The van der Waals surface area contributed by atoms with Crippen LogP contribution >= 0.6 is 11.3 Å². The topological polar surface area (TPSA) is 65.4 Å². The summed E-state index contributed by atoms with van der Waals surface area (Å²) in [5, 5.41) is 4.48. The summed E-state index contributed by atoms with van der Waals surface area (Å²) in [5.41, 5.74) is 2.40. The van der Waals surface area contributed by atoms with E-state index in [1.54, 1.807) is 29.3 Å². The predicted molar refractivity (Wildman–Crippen MR) is 126 cm³/mol. The SMILES string of the molecule is CCOCCCNC1CCc2c(sc3ncn(CCc4ccccc4OC)c(=O)c23)C1. The Bertz CT molecular complexity index is 1080. The maximum Gasteiger partial charge on any atom is 0.262 e. The van der Waals surface area contributed by atoms with E-state index in [0.29, 0.717) is 12.6 Å². The maximum absolute atomic E-state index is 13.3. The van der Waals surface area contributed by atoms with Crippen LogP contribution in [0.4, 0.5) is 0 Å². The number of aromatic nitrogens is 2. The fraction of sp³-hybridized carbons (Fsp3) is 0.500. The first-order valence-electron chi connectivity index (χ1n) is 11.1. The minimum Gasteiger partial charge on any atom is -0.496 e. The van der Waals surface area contributed by atoms with E-state index < -0.39 is 0 Å². The Hall–Kier alpha value is -2.22. The first-order chi connectivity index (χ1) is 15.2. The van der Waals surface area contributed by atoms with E-state index in [4.69, 9.17) is 9.47 Å². The normalized spacial score (nSPS) is 15.9. The Balaban J connectivity index is 1.46. The van der Waals surface area contributed by atoms with E-state index in [-0.39, 0.29) is 5.56 Å². The molecule has 0 saturated heterocycles. The Morgan fingerprint density at radius 3 is 3.03 bits per heavy atom. The van der Waals surface area contributed by atoms with Crippen molar-refractivity contribution in [1.29, 1.82) is 0 Å². The van der Waals surface area contributed by atoms with Crippen LogP contribution in [-0.2, 0) is 30.5 Å². The van der Waals surface area contributed by atoms with Gasteiger partial charge in [0.1, 0.15) is 10.6 Å². The average Bonchev–Trinajstić information content (AvgIpc) is 3.17. The van der Waals surface area contributed by atoms with E-state index >= 15 is 0 Å². The van der Waals surface area contributed by atoms with Gasteiger partial charge in [-0.1, -0.05) is 18.2 Å². The number of nitrogens with zero attached hydrogens (tertiary/aromatic N) is 2. The molecule has 0 saturated carbocycles. The molecule has 31 heavy (non-hydrogen) atoms. The van der Waals surface area contributed by atoms with Crippen LogP contribution in [0.3, 0.4) is 0 Å². The van der Waals surface area contributed by atoms with Gasteiger partial charge in [0.05, 0.1) is 18.8 Å². The fourth-order valence-electron chi connectivity index (χ4n) is 4.31. The summed E-state index contributed by atoms with van der Waals surface area (Å²) in [6, 6.07) is 8.43. The molecule has 0 fully saturated rings. The number of hydrogen-bond donors (Lipinski definition) is 1. The summed E-state index contributed by atoms with van der Waals surface area (Å²) in [6.45, 7) is 5.18. The smallest absolute Gasteiger partial charge is 0.262 e. The van der Waals surface area contributed by atoms with Crippen LogP contribution in [0.1, 0.15) is 35.8 Å². The number of hydrogen-bond acceptors (Lipinski definition) is 6. The van der Waals surface area contributed by atoms with Gasteiger partial charge in [0.25, 0.3) is 5.56 Å². The number of thiophene rings is 1. The van der Waals surface area contributed by atoms with Gasteiger partial charge < -0.3 is 14.8 Å². The van der Waals surface area contributed by atoms with Gasteiger partial charge in [0, 0.05) is 30.7 Å². The summed E-state index contributed by atoms with van der Waals surface area (Å²) in [4.78, 5) is 20.1. The number of benzene rings is 1. The minimum absolute atomic E-state index is 0.0838. The molecule has 1 unspecified atom stereocenters. The lowest BCUT2D eigenvalue weighted by atomic mass is 9.93. The quantitative estimate of drug-likeness (QED) is 0.487. The third kappa shape index (κ3) is 5.00. The molecule has 2 aromatic heterocycles. The molecule has 6 nitrogen and oxygen atoms in total. The molecule has 3 aromatic rings. The molecular weight excluding hydrogens is 410 g/mol. The number of aryl methyl sites for hydroxylation is 3. The van der Waals surface area contributed by atoms with E-state index in [1.807, 2.05) is 31.2 Å². The second-order valence-corrected chi connectivity index (χ2v) is 9.02. The van der Waals surface area contributed by atoms with Crippen molar-refractivity contribution < 1.29 is 9.47 Å². The highest BCUT2D eigenvalue weighted by Gasteiger charge is 2.25. The van der Waals surface area contributed by atoms with Crippen molar-refractivity contribution in [1.82, 2.24) is 14.9 Å². The van der Waals surface area contributed by atoms with Crippen molar-refractivity contribution >= 4 is 21.6 Å². The summed E-state index contributed by atoms with van der Waals surface area (Å²) in [6.07, 6.45) is 6.44. The lowest BCUT2D eigenvalue weighted by Crippen LogP contribution is -2.35. The van der Waals surface area contributed by atoms with Gasteiger partial charge in [0.2, 0.25) is 0 Å². The van der Waals surface area contributed by atoms with E-state index in [9.17, 15) is 4.79 Å². The molecule has 1 aliphatic rings. The van der Waals surface area contributed by atoms with Crippen LogP contribution in [0.25, 0.3) is 10.2 Å². The third-order valence-electron chi connectivity index (χ3n) is 5.95. The lowest BCUT2D eigenvalue weighted by molar-refractivity contribution is 0.144.